The quantitative estimate of drug-likeness (QED) is 0.0942. The lowest BCUT2D eigenvalue weighted by Gasteiger charge is -2.27. The highest BCUT2D eigenvalue weighted by Gasteiger charge is 2.46. The van der Waals surface area contributed by atoms with Crippen LogP contribution < -0.4 is 5.19 Å². The minimum absolute atomic E-state index is 0.379. The van der Waals surface area contributed by atoms with Crippen LogP contribution in [0.5, 0.6) is 0 Å². The summed E-state index contributed by atoms with van der Waals surface area (Å²) in [6.07, 6.45) is 9.62. The number of hydrogen-bond acceptors (Lipinski definition) is 0. The zero-order chi connectivity index (χ0) is 45.3. The van der Waals surface area contributed by atoms with E-state index < -0.39 is 8.07 Å². The molecule has 0 N–H and O–H groups in total. The largest absolute Gasteiger partial charge is 0.0887 e. The molecular weight excluding hydrogens is 845 g/mol. The molecule has 2 unspecified atom stereocenters. The lowest BCUT2D eigenvalue weighted by molar-refractivity contribution is 0.858. The molecule has 0 aromatic heterocycles. The summed E-state index contributed by atoms with van der Waals surface area (Å²) in [6, 6.07) is 74.9. The lowest BCUT2D eigenvalue weighted by atomic mass is 9.80. The van der Waals surface area contributed by atoms with E-state index in [1.807, 2.05) is 0 Å². The van der Waals surface area contributed by atoms with Crippen LogP contribution in [0.4, 0.5) is 0 Å². The molecule has 0 nitrogen and oxygen atoms in total. The second kappa shape index (κ2) is 13.5. The van der Waals surface area contributed by atoms with Crippen LogP contribution in [-0.2, 0) is 0 Å². The highest BCUT2D eigenvalue weighted by atomic mass is 28.3. The Kier molecular flexibility index (Phi) is 7.44. The molecule has 1 heterocycles. The summed E-state index contributed by atoms with van der Waals surface area (Å²) in [5.41, 5.74) is 20.5. The highest BCUT2D eigenvalue weighted by Crippen LogP contribution is 2.56. The Balaban J connectivity index is 1.10. The van der Waals surface area contributed by atoms with Crippen LogP contribution in [0, 0.1) is 0 Å². The average Bonchev–Trinajstić information content (AvgIpc) is 3.99. The van der Waals surface area contributed by atoms with Crippen LogP contribution in [0.1, 0.15) is 11.5 Å². The van der Waals surface area contributed by atoms with Crippen molar-refractivity contribution in [1.29, 1.82) is 0 Å². The first-order valence-electron chi connectivity index (χ1n) is 24.7. The summed E-state index contributed by atoms with van der Waals surface area (Å²) in [4.78, 5) is 0. The average molecular weight is 889 g/mol. The van der Waals surface area contributed by atoms with E-state index in [2.05, 4.69) is 232 Å². The summed E-state index contributed by atoms with van der Waals surface area (Å²) in [6.45, 7) is 5.24. The predicted octanol–water partition coefficient (Wildman–Crippen LogP) is 18.4. The third kappa shape index (κ3) is 4.93. The van der Waals surface area contributed by atoms with Crippen molar-refractivity contribution in [1.82, 2.24) is 0 Å². The monoisotopic (exact) mass is 888 g/mol. The van der Waals surface area contributed by atoms with Crippen molar-refractivity contribution >= 4 is 77.9 Å². The van der Waals surface area contributed by atoms with Crippen LogP contribution in [0.15, 0.2) is 218 Å². The summed E-state index contributed by atoms with van der Waals surface area (Å²) < 4.78 is 0. The first-order valence-corrected chi connectivity index (χ1v) is 27.7. The van der Waals surface area contributed by atoms with Crippen LogP contribution in [0.3, 0.4) is 0 Å². The van der Waals surface area contributed by atoms with E-state index in [9.17, 15) is 0 Å². The summed E-state index contributed by atoms with van der Waals surface area (Å²) in [5.74, 6) is 0.379. The van der Waals surface area contributed by atoms with E-state index in [4.69, 9.17) is 0 Å². The molecule has 1 aliphatic heterocycles. The second-order valence-corrected chi connectivity index (χ2v) is 25.2. The molecular formula is C68H44Si. The Morgan fingerprint density at radius 1 is 0.319 bits per heavy atom. The van der Waals surface area contributed by atoms with Crippen LogP contribution >= 0.6 is 0 Å². The fourth-order valence-corrected chi connectivity index (χ4v) is 17.6. The van der Waals surface area contributed by atoms with E-state index in [0.717, 1.165) is 0 Å². The third-order valence-electron chi connectivity index (χ3n) is 17.0. The van der Waals surface area contributed by atoms with Gasteiger partial charge in [-0.2, -0.15) is 0 Å². The molecule has 0 amide bonds. The number of benzene rings is 12. The van der Waals surface area contributed by atoms with Gasteiger partial charge in [-0.3, -0.25) is 0 Å². The van der Waals surface area contributed by atoms with Gasteiger partial charge in [-0.1, -0.05) is 219 Å². The van der Waals surface area contributed by atoms with Crippen molar-refractivity contribution in [2.45, 2.75) is 24.6 Å². The first-order chi connectivity index (χ1) is 34.0. The van der Waals surface area contributed by atoms with Gasteiger partial charge in [-0.05, 0) is 172 Å². The Morgan fingerprint density at radius 3 is 1.48 bits per heavy atom. The van der Waals surface area contributed by atoms with Crippen molar-refractivity contribution in [2.75, 3.05) is 0 Å². The molecule has 0 bridgehead atoms. The third-order valence-corrected chi connectivity index (χ3v) is 21.1. The SMILES string of the molecule is C[Si]1(C)c2cc3c(-c4ccc5c6c(cccc46)-c4ccccc4-5)c4cc(-c5cc6ccccc6c6ccccc56)ccc4c(-c4ccc5c6c(cccc46)-c4ccccc4-5)c3cc2C2C=CC=CC21. The van der Waals surface area contributed by atoms with E-state index >= 15 is 0 Å². The van der Waals surface area contributed by atoms with Crippen molar-refractivity contribution in [3.8, 4) is 77.9 Å². The molecule has 3 aliphatic carbocycles. The predicted molar refractivity (Wildman–Crippen MR) is 299 cm³/mol. The van der Waals surface area contributed by atoms with Gasteiger partial charge in [-0.15, -0.1) is 0 Å². The molecule has 0 saturated heterocycles. The van der Waals surface area contributed by atoms with E-state index in [-0.39, 0.29) is 0 Å². The molecule has 0 spiro atoms. The minimum Gasteiger partial charge on any atom is -0.0829 e. The Morgan fingerprint density at radius 2 is 0.812 bits per heavy atom. The Labute approximate surface area is 402 Å². The Bertz CT molecular complexity index is 4350. The van der Waals surface area contributed by atoms with Crippen molar-refractivity contribution in [3.63, 3.8) is 0 Å². The van der Waals surface area contributed by atoms with Gasteiger partial charge in [0.15, 0.2) is 0 Å². The van der Waals surface area contributed by atoms with Gasteiger partial charge in [0, 0.05) is 5.92 Å². The zero-order valence-electron chi connectivity index (χ0n) is 38.4. The lowest BCUT2D eigenvalue weighted by Crippen LogP contribution is -2.41. The molecule has 2 atom stereocenters. The minimum atomic E-state index is -1.98. The summed E-state index contributed by atoms with van der Waals surface area (Å²) in [7, 11) is -1.98. The molecule has 69 heavy (non-hydrogen) atoms. The van der Waals surface area contributed by atoms with Gasteiger partial charge in [-0.25, -0.2) is 0 Å². The van der Waals surface area contributed by atoms with Crippen molar-refractivity contribution < 1.29 is 0 Å². The summed E-state index contributed by atoms with van der Waals surface area (Å²) >= 11 is 0. The maximum absolute atomic E-state index is 2.71. The zero-order valence-corrected chi connectivity index (χ0v) is 39.4. The van der Waals surface area contributed by atoms with Gasteiger partial charge in [0.1, 0.15) is 0 Å². The van der Waals surface area contributed by atoms with Crippen molar-refractivity contribution in [2.24, 2.45) is 0 Å². The maximum atomic E-state index is 2.71. The Hall–Kier alpha value is -8.10. The van der Waals surface area contributed by atoms with Gasteiger partial charge in [0.2, 0.25) is 0 Å². The normalized spacial score (nSPS) is 16.6. The molecule has 4 aliphatic rings. The highest BCUT2D eigenvalue weighted by molar-refractivity contribution is 6.93. The summed E-state index contributed by atoms with van der Waals surface area (Å²) in [5, 5.41) is 17.4. The van der Waals surface area contributed by atoms with Crippen LogP contribution in [-0.4, -0.2) is 8.07 Å². The molecule has 1 heteroatoms. The smallest absolute Gasteiger partial charge is 0.0829 e. The number of fused-ring (bicyclic) bond motifs is 14. The number of rotatable bonds is 3. The van der Waals surface area contributed by atoms with Gasteiger partial charge in [0.05, 0.1) is 8.07 Å². The van der Waals surface area contributed by atoms with Crippen LogP contribution in [0.2, 0.25) is 18.6 Å². The number of hydrogen-bond donors (Lipinski definition) is 0. The van der Waals surface area contributed by atoms with Crippen LogP contribution in [0.25, 0.3) is 143 Å². The molecule has 0 saturated carbocycles. The topological polar surface area (TPSA) is 0 Å². The molecule has 320 valence electrons. The van der Waals surface area contributed by atoms with Gasteiger partial charge in [0.25, 0.3) is 0 Å². The standard InChI is InChI=1S/C68H44Si/c1-69(2)63-28-12-11-23-48(63)59-37-61-62(38-64(59)69)68(56-34-32-54-46-21-9-7-19-44(46)50-25-14-27-52(56)66(50)54)60-36-40(58-35-39-15-3-4-16-41(39)42-17-5-10-22-47(42)58)29-30-57(60)67(61)55-33-31-53-45-20-8-6-18-43(45)49-24-13-26-51(55)65(49)53/h3-38,48,63H,1-2H3. The van der Waals surface area contributed by atoms with E-state index in [1.165, 1.54) is 148 Å². The second-order valence-electron chi connectivity index (χ2n) is 20.6. The first kappa shape index (κ1) is 37.9. The fraction of sp³-hybridized carbons (Fsp3) is 0.0588. The molecule has 0 radical (unpaired) electrons. The van der Waals surface area contributed by atoms with Crippen molar-refractivity contribution in [3.05, 3.63) is 224 Å². The molecule has 0 fully saturated rings. The number of allylic oxidation sites excluding steroid dienone is 4. The maximum Gasteiger partial charge on any atom is 0.0887 e. The van der Waals surface area contributed by atoms with Gasteiger partial charge >= 0.3 is 0 Å². The molecule has 12 aromatic carbocycles. The van der Waals surface area contributed by atoms with E-state index in [1.54, 1.807) is 5.19 Å². The van der Waals surface area contributed by atoms with Gasteiger partial charge < -0.3 is 0 Å². The van der Waals surface area contributed by atoms with E-state index in [0.29, 0.717) is 11.5 Å². The molecule has 16 rings (SSSR count). The molecule has 12 aromatic rings. The fourth-order valence-electron chi connectivity index (χ4n) is 14.0.